The maximum Gasteiger partial charge on any atom is 0.318 e. The minimum absolute atomic E-state index is 0.133. The molecule has 3 heterocycles. The van der Waals surface area contributed by atoms with Gasteiger partial charge in [0.15, 0.2) is 0 Å². The number of hydrogen-bond donors (Lipinski definition) is 0. The number of piperazine rings is 1. The van der Waals surface area contributed by atoms with Crippen LogP contribution in [0.15, 0.2) is 49.1 Å². The van der Waals surface area contributed by atoms with Gasteiger partial charge in [-0.15, -0.1) is 0 Å². The maximum atomic E-state index is 12.6. The molecule has 0 spiro atoms. The van der Waals surface area contributed by atoms with Gasteiger partial charge in [-0.2, -0.15) is 15.2 Å². The monoisotopic (exact) mass is 621 g/mol. The van der Waals surface area contributed by atoms with Crippen LogP contribution in [-0.4, -0.2) is 83.1 Å². The fourth-order valence-electron chi connectivity index (χ4n) is 7.31. The Hall–Kier alpha value is -4.16. The normalized spacial score (nSPS) is 19.7. The molecule has 242 valence electrons. The quantitative estimate of drug-likeness (QED) is 0.269. The van der Waals surface area contributed by atoms with Crippen molar-refractivity contribution < 1.29 is 9.53 Å². The molecule has 1 saturated carbocycles. The Labute approximate surface area is 273 Å². The number of anilines is 2. The van der Waals surface area contributed by atoms with Gasteiger partial charge in [-0.3, -0.25) is 9.69 Å². The van der Waals surface area contributed by atoms with Gasteiger partial charge in [0.1, 0.15) is 12.4 Å². The summed E-state index contributed by atoms with van der Waals surface area (Å²) in [5, 5.41) is 12.1. The number of benzene rings is 2. The highest BCUT2D eigenvalue weighted by molar-refractivity contribution is 5.97. The molecule has 0 unspecified atom stereocenters. The van der Waals surface area contributed by atoms with Crippen LogP contribution in [-0.2, 0) is 17.8 Å². The lowest BCUT2D eigenvalue weighted by Crippen LogP contribution is -2.55. The molecule has 9 heteroatoms. The van der Waals surface area contributed by atoms with Gasteiger partial charge in [0, 0.05) is 48.9 Å². The summed E-state index contributed by atoms with van der Waals surface area (Å²) in [6.07, 6.45) is 7.10. The number of aryl methyl sites for hydroxylation is 1. The highest BCUT2D eigenvalue weighted by Crippen LogP contribution is 2.37. The second-order valence-electron chi connectivity index (χ2n) is 13.4. The summed E-state index contributed by atoms with van der Waals surface area (Å²) in [7, 11) is 2.22. The largest absolute Gasteiger partial charge is 0.461 e. The van der Waals surface area contributed by atoms with Gasteiger partial charge < -0.3 is 19.4 Å². The number of aromatic nitrogens is 2. The number of carbonyl (C=O) groups is 1. The van der Waals surface area contributed by atoms with Crippen LogP contribution < -0.4 is 14.5 Å². The first-order valence-electron chi connectivity index (χ1n) is 16.8. The van der Waals surface area contributed by atoms with Crippen LogP contribution in [0.5, 0.6) is 6.01 Å². The summed E-state index contributed by atoms with van der Waals surface area (Å²) in [6, 6.07) is 16.0. The van der Waals surface area contributed by atoms with E-state index < -0.39 is 0 Å². The van der Waals surface area contributed by atoms with Gasteiger partial charge in [0.25, 0.3) is 0 Å². The molecule has 1 amide bonds. The molecule has 0 N–H and O–H groups in total. The Kier molecular flexibility index (Phi) is 9.19. The molecule has 1 saturated heterocycles. The lowest BCUT2D eigenvalue weighted by atomic mass is 9.86. The first-order valence-corrected chi connectivity index (χ1v) is 16.8. The summed E-state index contributed by atoms with van der Waals surface area (Å²) in [5.74, 6) is 0.733. The van der Waals surface area contributed by atoms with Gasteiger partial charge >= 0.3 is 6.01 Å². The van der Waals surface area contributed by atoms with E-state index in [1.807, 2.05) is 0 Å². The summed E-state index contributed by atoms with van der Waals surface area (Å²) in [6.45, 7) is 14.0. The Morgan fingerprint density at radius 3 is 2.65 bits per heavy atom. The number of likely N-dealkylation sites (N-methyl/N-ethyl adjacent to an activating group) is 1. The summed E-state index contributed by atoms with van der Waals surface area (Å²) in [5.41, 5.74) is 4.45. The van der Waals surface area contributed by atoms with E-state index in [0.717, 1.165) is 36.5 Å². The van der Waals surface area contributed by atoms with Crippen molar-refractivity contribution in [1.29, 1.82) is 5.26 Å². The first-order chi connectivity index (χ1) is 22.3. The van der Waals surface area contributed by atoms with E-state index in [1.54, 1.807) is 4.90 Å². The third-order valence-corrected chi connectivity index (χ3v) is 10.8. The number of ether oxygens (including phenoxy) is 1. The van der Waals surface area contributed by atoms with Crippen molar-refractivity contribution >= 4 is 28.2 Å². The van der Waals surface area contributed by atoms with Crippen molar-refractivity contribution in [1.82, 2.24) is 19.8 Å². The molecule has 0 bridgehead atoms. The van der Waals surface area contributed by atoms with Gasteiger partial charge in [0.2, 0.25) is 5.91 Å². The number of hydrogen-bond acceptors (Lipinski definition) is 8. The highest BCUT2D eigenvalue weighted by Gasteiger charge is 2.37. The zero-order chi connectivity index (χ0) is 32.4. The van der Waals surface area contributed by atoms with Gasteiger partial charge in [0.05, 0.1) is 36.3 Å². The van der Waals surface area contributed by atoms with Crippen molar-refractivity contribution in [2.75, 3.05) is 49.6 Å². The number of rotatable bonds is 10. The van der Waals surface area contributed by atoms with E-state index in [0.29, 0.717) is 44.8 Å². The Bertz CT molecular complexity index is 1640. The fourth-order valence-corrected chi connectivity index (χ4v) is 7.31. The summed E-state index contributed by atoms with van der Waals surface area (Å²) >= 11 is 0. The SMILES string of the molecule is C=CC(=O)N1CCN(c2nc(OC[C@](C)(CC)N(C)C3CCC3)nc3c2CCN(c2cccc4cccc(C)c24)C3)C[C@@H]1CC#N. The average molecular weight is 622 g/mol. The third kappa shape index (κ3) is 6.03. The van der Waals surface area contributed by atoms with Crippen LogP contribution in [0.25, 0.3) is 10.8 Å². The number of nitrogens with zero attached hydrogens (tertiary/aromatic N) is 7. The molecule has 3 aliphatic rings. The number of carbonyl (C=O) groups excluding carboxylic acids is 1. The molecule has 0 radical (unpaired) electrons. The van der Waals surface area contributed by atoms with Crippen LogP contribution in [0.4, 0.5) is 11.5 Å². The van der Waals surface area contributed by atoms with E-state index >= 15 is 0 Å². The minimum atomic E-state index is -0.238. The first kappa shape index (κ1) is 31.8. The Morgan fingerprint density at radius 1 is 1.17 bits per heavy atom. The van der Waals surface area contributed by atoms with E-state index in [2.05, 4.69) is 91.6 Å². The predicted octanol–water partition coefficient (Wildman–Crippen LogP) is 5.65. The highest BCUT2D eigenvalue weighted by atomic mass is 16.5. The van der Waals surface area contributed by atoms with E-state index in [-0.39, 0.29) is 23.9 Å². The molecule has 2 atom stereocenters. The fraction of sp³-hybridized carbons (Fsp3) is 0.514. The van der Waals surface area contributed by atoms with Crippen LogP contribution in [0.2, 0.25) is 0 Å². The lowest BCUT2D eigenvalue weighted by molar-refractivity contribution is -0.128. The van der Waals surface area contributed by atoms with E-state index in [9.17, 15) is 10.1 Å². The molecule has 1 aromatic heterocycles. The smallest absolute Gasteiger partial charge is 0.318 e. The van der Waals surface area contributed by atoms with Crippen LogP contribution in [0, 0.1) is 18.3 Å². The molecule has 3 aromatic rings. The Balaban J connectivity index is 1.34. The summed E-state index contributed by atoms with van der Waals surface area (Å²) in [4.78, 5) is 31.7. The van der Waals surface area contributed by atoms with Crippen molar-refractivity contribution in [2.45, 2.75) is 83.5 Å². The molecule has 46 heavy (non-hydrogen) atoms. The van der Waals surface area contributed by atoms with Gasteiger partial charge in [-0.1, -0.05) is 50.3 Å². The lowest BCUT2D eigenvalue weighted by Gasteiger charge is -2.46. The van der Waals surface area contributed by atoms with Crippen molar-refractivity contribution in [3.63, 3.8) is 0 Å². The average Bonchev–Trinajstić information content (AvgIpc) is 3.05. The zero-order valence-corrected chi connectivity index (χ0v) is 27.8. The molecular weight excluding hydrogens is 574 g/mol. The molecular formula is C37H47N7O2. The number of nitriles is 1. The van der Waals surface area contributed by atoms with Crippen molar-refractivity contribution in [2.24, 2.45) is 0 Å². The van der Waals surface area contributed by atoms with Crippen LogP contribution >= 0.6 is 0 Å². The minimum Gasteiger partial charge on any atom is -0.461 e. The standard InChI is InChI=1S/C37H47N7O2/c1-6-33(45)44-22-21-43(23-29(44)17-19-38)35-30-18-20-42(32-16-9-13-27-12-8-11-26(3)34(27)32)24-31(30)39-36(40-35)46-25-37(4,7-2)41(5)28-14-10-15-28/h6,8-9,11-13,16,28-29H,1,7,10,14-15,17-18,20-25H2,2-5H3/t29-,37-/m0/s1. The van der Waals surface area contributed by atoms with E-state index in [1.165, 1.54) is 47.4 Å². The molecule has 2 fully saturated rings. The summed E-state index contributed by atoms with van der Waals surface area (Å²) < 4.78 is 6.54. The predicted molar refractivity (Wildman–Crippen MR) is 183 cm³/mol. The van der Waals surface area contributed by atoms with Crippen molar-refractivity contribution in [3.8, 4) is 12.1 Å². The number of amides is 1. The molecule has 6 rings (SSSR count). The van der Waals surface area contributed by atoms with E-state index in [4.69, 9.17) is 14.7 Å². The maximum absolute atomic E-state index is 12.6. The zero-order valence-electron chi connectivity index (χ0n) is 27.8. The van der Waals surface area contributed by atoms with Gasteiger partial charge in [-0.25, -0.2) is 0 Å². The second kappa shape index (κ2) is 13.3. The molecule has 1 aliphatic carbocycles. The van der Waals surface area contributed by atoms with Crippen molar-refractivity contribution in [3.05, 3.63) is 65.9 Å². The third-order valence-electron chi connectivity index (χ3n) is 10.8. The Morgan fingerprint density at radius 2 is 1.96 bits per heavy atom. The van der Waals surface area contributed by atoms with Gasteiger partial charge in [-0.05, 0) is 69.7 Å². The number of fused-ring (bicyclic) bond motifs is 2. The molecule has 2 aromatic carbocycles. The molecule has 9 nitrogen and oxygen atoms in total. The second-order valence-corrected chi connectivity index (χ2v) is 13.4. The topological polar surface area (TPSA) is 88.8 Å². The van der Waals surface area contributed by atoms with Crippen LogP contribution in [0.1, 0.15) is 62.8 Å². The van der Waals surface area contributed by atoms with Crippen LogP contribution in [0.3, 0.4) is 0 Å². The molecule has 2 aliphatic heterocycles.